The second kappa shape index (κ2) is 5.32. The number of carboxylic acid groups (broad SMARTS) is 1. The van der Waals surface area contributed by atoms with Gasteiger partial charge in [0.15, 0.2) is 5.13 Å². The molecule has 0 unspecified atom stereocenters. The molecule has 0 saturated carbocycles. The number of hydrogen-bond acceptors (Lipinski definition) is 5. The number of aromatic carboxylic acids is 1. The van der Waals surface area contributed by atoms with E-state index in [0.29, 0.717) is 10.9 Å². The van der Waals surface area contributed by atoms with Crippen molar-refractivity contribution in [2.45, 2.75) is 6.54 Å². The molecule has 2 amide bonds. The Morgan fingerprint density at radius 2 is 2.28 bits per heavy atom. The first-order chi connectivity index (χ1) is 8.65. The summed E-state index contributed by atoms with van der Waals surface area (Å²) in [6.45, 7) is 0.102. The Balaban J connectivity index is 1.83. The van der Waals surface area contributed by atoms with Crippen LogP contribution < -0.4 is 10.6 Å². The molecule has 0 aliphatic heterocycles. The van der Waals surface area contributed by atoms with E-state index < -0.39 is 12.0 Å². The third-order valence-electron chi connectivity index (χ3n) is 1.95. The number of hydrogen-bond donors (Lipinski definition) is 3. The monoisotopic (exact) mass is 267 g/mol. The molecule has 0 aromatic carbocycles. The quantitative estimate of drug-likeness (QED) is 0.782. The van der Waals surface area contributed by atoms with Crippen LogP contribution >= 0.6 is 11.3 Å². The van der Waals surface area contributed by atoms with Gasteiger partial charge in [0.25, 0.3) is 0 Å². The van der Waals surface area contributed by atoms with E-state index >= 15 is 0 Å². The molecule has 0 bridgehead atoms. The number of anilines is 1. The van der Waals surface area contributed by atoms with Crippen molar-refractivity contribution in [3.05, 3.63) is 35.2 Å². The SMILES string of the molecule is O=C(NCc1ccc(C(=O)O)o1)Nc1nccs1. The molecule has 7 nitrogen and oxygen atoms in total. The highest BCUT2D eigenvalue weighted by atomic mass is 32.1. The van der Waals surface area contributed by atoms with E-state index in [1.807, 2.05) is 0 Å². The van der Waals surface area contributed by atoms with Crippen LogP contribution in [0.2, 0.25) is 0 Å². The number of nitrogens with zero attached hydrogens (tertiary/aromatic N) is 1. The minimum absolute atomic E-state index is 0.102. The number of aromatic nitrogens is 1. The van der Waals surface area contributed by atoms with Gasteiger partial charge in [-0.1, -0.05) is 0 Å². The summed E-state index contributed by atoms with van der Waals surface area (Å²) in [6, 6.07) is 2.39. The summed E-state index contributed by atoms with van der Waals surface area (Å²) in [5.41, 5.74) is 0. The summed E-state index contributed by atoms with van der Waals surface area (Å²) in [5, 5.41) is 15.9. The van der Waals surface area contributed by atoms with Crippen LogP contribution in [0.15, 0.2) is 28.1 Å². The molecule has 0 radical (unpaired) electrons. The van der Waals surface area contributed by atoms with Gasteiger partial charge in [0.05, 0.1) is 6.54 Å². The number of carboxylic acids is 1. The van der Waals surface area contributed by atoms with Crippen LogP contribution in [-0.4, -0.2) is 22.1 Å². The Hall–Kier alpha value is -2.35. The lowest BCUT2D eigenvalue weighted by Gasteiger charge is -2.02. The van der Waals surface area contributed by atoms with Gasteiger partial charge in [0, 0.05) is 11.6 Å². The van der Waals surface area contributed by atoms with Crippen molar-refractivity contribution < 1.29 is 19.1 Å². The number of thiazole rings is 1. The summed E-state index contributed by atoms with van der Waals surface area (Å²) < 4.78 is 4.98. The molecule has 2 heterocycles. The normalized spacial score (nSPS) is 10.0. The molecular formula is C10H9N3O4S. The number of carbonyl (C=O) groups excluding carboxylic acids is 1. The molecule has 0 aliphatic rings. The molecule has 94 valence electrons. The maximum Gasteiger partial charge on any atom is 0.371 e. The molecule has 2 aromatic rings. The van der Waals surface area contributed by atoms with Crippen LogP contribution in [0, 0.1) is 0 Å². The van der Waals surface area contributed by atoms with E-state index in [1.165, 1.54) is 23.5 Å². The fourth-order valence-electron chi connectivity index (χ4n) is 1.18. The summed E-state index contributed by atoms with van der Waals surface area (Å²) in [4.78, 5) is 25.9. The van der Waals surface area contributed by atoms with Crippen molar-refractivity contribution in [2.24, 2.45) is 0 Å². The highest BCUT2D eigenvalue weighted by molar-refractivity contribution is 7.13. The lowest BCUT2D eigenvalue weighted by molar-refractivity contribution is 0.0660. The summed E-state index contributed by atoms with van der Waals surface area (Å²) in [5.74, 6) is -0.942. The van der Waals surface area contributed by atoms with Crippen LogP contribution in [0.3, 0.4) is 0 Å². The Morgan fingerprint density at radius 3 is 2.89 bits per heavy atom. The lowest BCUT2D eigenvalue weighted by atomic mass is 10.4. The maximum absolute atomic E-state index is 11.4. The van der Waals surface area contributed by atoms with Crippen LogP contribution in [0.25, 0.3) is 0 Å². The van der Waals surface area contributed by atoms with Crippen LogP contribution in [0.1, 0.15) is 16.3 Å². The summed E-state index contributed by atoms with van der Waals surface area (Å²) in [6.07, 6.45) is 1.58. The fourth-order valence-corrected chi connectivity index (χ4v) is 1.71. The van der Waals surface area contributed by atoms with Gasteiger partial charge in [-0.2, -0.15) is 0 Å². The second-order valence-electron chi connectivity index (χ2n) is 3.22. The summed E-state index contributed by atoms with van der Waals surface area (Å²) in [7, 11) is 0. The molecule has 0 saturated heterocycles. The van der Waals surface area contributed by atoms with Crippen molar-refractivity contribution in [3.63, 3.8) is 0 Å². The van der Waals surface area contributed by atoms with Gasteiger partial charge in [0.1, 0.15) is 5.76 Å². The predicted octanol–water partition coefficient (Wildman–Crippen LogP) is 1.76. The zero-order chi connectivity index (χ0) is 13.0. The zero-order valence-electron chi connectivity index (χ0n) is 9.04. The van der Waals surface area contributed by atoms with Crippen LogP contribution in [0.4, 0.5) is 9.93 Å². The Bertz CT molecular complexity index is 549. The molecule has 3 N–H and O–H groups in total. The van der Waals surface area contributed by atoms with Gasteiger partial charge in [-0.05, 0) is 12.1 Å². The van der Waals surface area contributed by atoms with Gasteiger partial charge < -0.3 is 14.8 Å². The minimum atomic E-state index is -1.14. The third-order valence-corrected chi connectivity index (χ3v) is 2.64. The van der Waals surface area contributed by atoms with Gasteiger partial charge >= 0.3 is 12.0 Å². The number of urea groups is 1. The molecule has 18 heavy (non-hydrogen) atoms. The van der Waals surface area contributed by atoms with Crippen molar-refractivity contribution >= 4 is 28.5 Å². The molecule has 2 rings (SSSR count). The highest BCUT2D eigenvalue weighted by Gasteiger charge is 2.10. The van der Waals surface area contributed by atoms with Crippen LogP contribution in [-0.2, 0) is 6.54 Å². The fraction of sp³-hybridized carbons (Fsp3) is 0.100. The molecule has 0 spiro atoms. The zero-order valence-corrected chi connectivity index (χ0v) is 9.86. The van der Waals surface area contributed by atoms with Crippen molar-refractivity contribution in [1.82, 2.24) is 10.3 Å². The van der Waals surface area contributed by atoms with E-state index in [0.717, 1.165) is 0 Å². The Morgan fingerprint density at radius 1 is 1.44 bits per heavy atom. The van der Waals surface area contributed by atoms with E-state index in [1.54, 1.807) is 11.6 Å². The minimum Gasteiger partial charge on any atom is -0.475 e. The third kappa shape index (κ3) is 3.08. The Kier molecular flexibility index (Phi) is 3.58. The van der Waals surface area contributed by atoms with E-state index in [2.05, 4.69) is 15.6 Å². The highest BCUT2D eigenvalue weighted by Crippen LogP contribution is 2.10. The number of carbonyl (C=O) groups is 2. The van der Waals surface area contributed by atoms with Gasteiger partial charge in [-0.3, -0.25) is 5.32 Å². The first kappa shape index (κ1) is 12.1. The largest absolute Gasteiger partial charge is 0.475 e. The van der Waals surface area contributed by atoms with E-state index in [9.17, 15) is 9.59 Å². The number of rotatable bonds is 4. The topological polar surface area (TPSA) is 104 Å². The lowest BCUT2D eigenvalue weighted by Crippen LogP contribution is -2.27. The van der Waals surface area contributed by atoms with Crippen molar-refractivity contribution in [1.29, 1.82) is 0 Å². The average Bonchev–Trinajstić information content (AvgIpc) is 2.96. The molecule has 8 heteroatoms. The first-order valence-electron chi connectivity index (χ1n) is 4.91. The summed E-state index contributed by atoms with van der Waals surface area (Å²) >= 11 is 1.30. The van der Waals surface area contributed by atoms with Gasteiger partial charge in [-0.15, -0.1) is 11.3 Å². The second-order valence-corrected chi connectivity index (χ2v) is 4.11. The van der Waals surface area contributed by atoms with Gasteiger partial charge in [0.2, 0.25) is 5.76 Å². The standard InChI is InChI=1S/C10H9N3O4S/c14-8(15)7-2-1-6(17-7)5-12-9(16)13-10-11-3-4-18-10/h1-4H,5H2,(H,14,15)(H2,11,12,13,16). The number of amides is 2. The average molecular weight is 267 g/mol. The Labute approximate surface area is 105 Å². The van der Waals surface area contributed by atoms with Gasteiger partial charge in [-0.25, -0.2) is 14.6 Å². The first-order valence-corrected chi connectivity index (χ1v) is 5.79. The smallest absolute Gasteiger partial charge is 0.371 e. The molecule has 2 aromatic heterocycles. The molecule has 0 atom stereocenters. The molecular weight excluding hydrogens is 258 g/mol. The predicted molar refractivity (Wildman–Crippen MR) is 63.6 cm³/mol. The van der Waals surface area contributed by atoms with Crippen molar-refractivity contribution in [3.8, 4) is 0 Å². The van der Waals surface area contributed by atoms with Crippen LogP contribution in [0.5, 0.6) is 0 Å². The number of nitrogens with one attached hydrogen (secondary N) is 2. The molecule has 0 fully saturated rings. The van der Waals surface area contributed by atoms with Crippen molar-refractivity contribution in [2.75, 3.05) is 5.32 Å². The number of furan rings is 1. The maximum atomic E-state index is 11.4. The van der Waals surface area contributed by atoms with E-state index in [4.69, 9.17) is 9.52 Å². The van der Waals surface area contributed by atoms with E-state index in [-0.39, 0.29) is 12.3 Å². The molecule has 0 aliphatic carbocycles.